The molecule has 41 heavy (non-hydrogen) atoms. The van der Waals surface area contributed by atoms with Crippen LogP contribution in [0.25, 0.3) is 0 Å². The first-order valence-corrected chi connectivity index (χ1v) is 15.0. The van der Waals surface area contributed by atoms with Crippen molar-refractivity contribution in [1.29, 1.82) is 0 Å². The number of halogens is 1. The summed E-state index contributed by atoms with van der Waals surface area (Å²) >= 11 is 6.63. The van der Waals surface area contributed by atoms with E-state index in [1.54, 1.807) is 28.0 Å². The molecule has 2 amide bonds. The fourth-order valence-electron chi connectivity index (χ4n) is 7.21. The highest BCUT2D eigenvalue weighted by Crippen LogP contribution is 2.65. The van der Waals surface area contributed by atoms with E-state index >= 15 is 0 Å². The van der Waals surface area contributed by atoms with Crippen LogP contribution in [-0.2, 0) is 23.9 Å². The first-order valence-electron chi connectivity index (χ1n) is 14.7. The number of likely N-dealkylation sites (tertiary alicyclic amines) is 1. The Labute approximate surface area is 248 Å². The predicted molar refractivity (Wildman–Crippen MR) is 159 cm³/mol. The fourth-order valence-corrected chi connectivity index (χ4v) is 7.53. The third kappa shape index (κ3) is 5.35. The Balaban J connectivity index is 1.77. The lowest BCUT2D eigenvalue weighted by Crippen LogP contribution is -2.57. The first kappa shape index (κ1) is 31.3. The number of rotatable bonds is 14. The Bertz CT molecular complexity index is 1170. The zero-order chi connectivity index (χ0) is 29.9. The number of aliphatic hydroxyl groups excluding tert-OH is 1. The van der Waals surface area contributed by atoms with Crippen molar-refractivity contribution in [1.82, 2.24) is 4.90 Å². The van der Waals surface area contributed by atoms with E-state index in [4.69, 9.17) is 21.1 Å². The molecule has 224 valence electrons. The maximum Gasteiger partial charge on any atom is 0.312 e. The van der Waals surface area contributed by atoms with Gasteiger partial charge >= 0.3 is 5.97 Å². The normalized spacial score (nSPS) is 29.9. The van der Waals surface area contributed by atoms with Crippen LogP contribution in [-0.4, -0.2) is 71.3 Å². The lowest BCUT2D eigenvalue weighted by atomic mass is 9.62. The maximum atomic E-state index is 14.7. The molecule has 0 radical (unpaired) electrons. The number of hydrogen-bond donors (Lipinski definition) is 1. The summed E-state index contributed by atoms with van der Waals surface area (Å²) in [6.07, 6.45) is 7.14. The number of benzene rings is 1. The fraction of sp³-hybridized carbons (Fsp3) is 0.594. The molecule has 3 saturated heterocycles. The Hall–Kier alpha value is -2.68. The molecule has 0 saturated carbocycles. The SMILES string of the molecule is C=CCCCOC(=O)[C@H]1[C@H]2C(=O)N(CCCCCO)C(C(=O)N(CC=C)c3c(C)cccc3Cl)C23CC(C)[C@]1(C)O3. The van der Waals surface area contributed by atoms with Crippen LogP contribution in [0.4, 0.5) is 5.69 Å². The number of para-hydroxylation sites is 1. The number of esters is 1. The summed E-state index contributed by atoms with van der Waals surface area (Å²) in [4.78, 5) is 45.8. The zero-order valence-corrected chi connectivity index (χ0v) is 25.2. The molecule has 0 aliphatic carbocycles. The van der Waals surface area contributed by atoms with E-state index in [0.717, 1.165) is 5.56 Å². The van der Waals surface area contributed by atoms with Gasteiger partial charge in [0, 0.05) is 19.7 Å². The monoisotopic (exact) mass is 586 g/mol. The summed E-state index contributed by atoms with van der Waals surface area (Å²) in [6.45, 7) is 14.1. The third-order valence-electron chi connectivity index (χ3n) is 9.19. The minimum atomic E-state index is -1.18. The molecule has 1 N–H and O–H groups in total. The van der Waals surface area contributed by atoms with Crippen LogP contribution in [0.3, 0.4) is 0 Å². The van der Waals surface area contributed by atoms with Crippen molar-refractivity contribution in [2.75, 3.05) is 31.2 Å². The van der Waals surface area contributed by atoms with Gasteiger partial charge in [-0.3, -0.25) is 14.4 Å². The molecule has 6 atom stereocenters. The van der Waals surface area contributed by atoms with Gasteiger partial charge in [-0.2, -0.15) is 0 Å². The minimum Gasteiger partial charge on any atom is -0.465 e. The number of nitrogens with zero attached hydrogens (tertiary/aromatic N) is 2. The number of hydrogen-bond acceptors (Lipinski definition) is 6. The molecule has 0 aromatic heterocycles. The van der Waals surface area contributed by atoms with Crippen LogP contribution in [0.2, 0.25) is 5.02 Å². The highest BCUT2D eigenvalue weighted by atomic mass is 35.5. The van der Waals surface area contributed by atoms with Crippen LogP contribution in [0, 0.1) is 24.7 Å². The largest absolute Gasteiger partial charge is 0.465 e. The van der Waals surface area contributed by atoms with Gasteiger partial charge in [0.15, 0.2) is 0 Å². The number of carbonyl (C=O) groups is 3. The van der Waals surface area contributed by atoms with E-state index in [1.807, 2.05) is 32.9 Å². The van der Waals surface area contributed by atoms with E-state index in [2.05, 4.69) is 13.2 Å². The van der Waals surface area contributed by atoms with E-state index < -0.39 is 35.0 Å². The van der Waals surface area contributed by atoms with E-state index in [0.29, 0.717) is 55.8 Å². The number of amides is 2. The molecule has 4 rings (SSSR count). The molecule has 8 nitrogen and oxygen atoms in total. The highest BCUT2D eigenvalue weighted by Gasteiger charge is 2.80. The summed E-state index contributed by atoms with van der Waals surface area (Å²) < 4.78 is 12.5. The van der Waals surface area contributed by atoms with Gasteiger partial charge in [0.1, 0.15) is 17.6 Å². The topological polar surface area (TPSA) is 96.4 Å². The summed E-state index contributed by atoms with van der Waals surface area (Å²) in [6, 6.07) is 4.50. The average molecular weight is 587 g/mol. The molecule has 1 spiro atoms. The Morgan fingerprint density at radius 1 is 1.24 bits per heavy atom. The van der Waals surface area contributed by atoms with Crippen molar-refractivity contribution in [3.63, 3.8) is 0 Å². The molecule has 1 aromatic rings. The van der Waals surface area contributed by atoms with Crippen molar-refractivity contribution in [3.05, 3.63) is 54.1 Å². The van der Waals surface area contributed by atoms with E-state index in [1.165, 1.54) is 0 Å². The standard InChI is InChI=1S/C32H43ClN2O6/c1-6-8-12-19-40-30(39)25-24-28(37)35(17-10-9-11-18-36)27(32(24)20-22(4)31(25,5)41-32)29(38)34(16-7-2)26-21(3)14-13-15-23(26)33/h6-7,13-15,22,24-25,27,36H,1-2,8-12,16-20H2,3-5H3/t22?,24-,25+,27?,31-,32?/m0/s1. The molecule has 3 aliphatic rings. The lowest BCUT2D eigenvalue weighted by Gasteiger charge is -2.37. The number of carbonyl (C=O) groups excluding carboxylic acids is 3. The molecule has 3 heterocycles. The second-order valence-corrected chi connectivity index (χ2v) is 12.2. The maximum absolute atomic E-state index is 14.7. The summed E-state index contributed by atoms with van der Waals surface area (Å²) in [5.74, 6) is -2.77. The highest BCUT2D eigenvalue weighted by molar-refractivity contribution is 6.34. The van der Waals surface area contributed by atoms with Gasteiger partial charge in [-0.05, 0) is 69.9 Å². The summed E-state index contributed by atoms with van der Waals surface area (Å²) in [5, 5.41) is 9.72. The van der Waals surface area contributed by atoms with Crippen LogP contribution < -0.4 is 4.90 Å². The number of aryl methyl sites for hydroxylation is 1. The molecule has 3 unspecified atom stereocenters. The summed E-state index contributed by atoms with van der Waals surface area (Å²) in [7, 11) is 0. The zero-order valence-electron chi connectivity index (χ0n) is 24.4. The number of unbranched alkanes of at least 4 members (excludes halogenated alkanes) is 3. The van der Waals surface area contributed by atoms with Crippen LogP contribution in [0.5, 0.6) is 0 Å². The Morgan fingerprint density at radius 3 is 2.66 bits per heavy atom. The number of aliphatic hydroxyl groups is 1. The second-order valence-electron chi connectivity index (χ2n) is 11.8. The van der Waals surface area contributed by atoms with Crippen molar-refractivity contribution in [2.24, 2.45) is 17.8 Å². The number of anilines is 1. The van der Waals surface area contributed by atoms with E-state index in [-0.39, 0.29) is 37.5 Å². The van der Waals surface area contributed by atoms with E-state index in [9.17, 15) is 19.5 Å². The van der Waals surface area contributed by atoms with Gasteiger partial charge in [0.05, 0.1) is 28.8 Å². The quantitative estimate of drug-likeness (QED) is 0.190. The molecule has 1 aromatic carbocycles. The summed E-state index contributed by atoms with van der Waals surface area (Å²) in [5.41, 5.74) is -0.741. The number of allylic oxidation sites excluding steroid dienone is 1. The molecule has 3 aliphatic heterocycles. The minimum absolute atomic E-state index is 0.0561. The van der Waals surface area contributed by atoms with Crippen LogP contribution >= 0.6 is 11.6 Å². The molecule has 2 bridgehead atoms. The van der Waals surface area contributed by atoms with Gasteiger partial charge < -0.3 is 24.4 Å². The van der Waals surface area contributed by atoms with Gasteiger partial charge in [0.2, 0.25) is 5.91 Å². The van der Waals surface area contributed by atoms with Crippen LogP contribution in [0.15, 0.2) is 43.5 Å². The number of ether oxygens (including phenoxy) is 2. The number of fused-ring (bicyclic) bond motifs is 1. The van der Waals surface area contributed by atoms with Crippen molar-refractivity contribution < 1.29 is 29.0 Å². The van der Waals surface area contributed by atoms with Crippen LogP contribution in [0.1, 0.15) is 57.9 Å². The molecular weight excluding hydrogens is 544 g/mol. The van der Waals surface area contributed by atoms with Gasteiger partial charge in [-0.25, -0.2) is 0 Å². The van der Waals surface area contributed by atoms with Gasteiger partial charge in [0.25, 0.3) is 5.91 Å². The second kappa shape index (κ2) is 12.7. The van der Waals surface area contributed by atoms with Crippen molar-refractivity contribution in [3.8, 4) is 0 Å². The van der Waals surface area contributed by atoms with Crippen molar-refractivity contribution >= 4 is 35.1 Å². The molecule has 9 heteroatoms. The van der Waals surface area contributed by atoms with Gasteiger partial charge in [-0.15, -0.1) is 13.2 Å². The molecule has 3 fully saturated rings. The third-order valence-corrected chi connectivity index (χ3v) is 9.50. The van der Waals surface area contributed by atoms with Crippen molar-refractivity contribution in [2.45, 2.75) is 76.5 Å². The lowest BCUT2D eigenvalue weighted by molar-refractivity contribution is -0.161. The van der Waals surface area contributed by atoms with Gasteiger partial charge in [-0.1, -0.05) is 42.8 Å². The Morgan fingerprint density at radius 2 is 2.00 bits per heavy atom. The predicted octanol–water partition coefficient (Wildman–Crippen LogP) is 4.85. The Kier molecular flexibility index (Phi) is 9.66. The first-order chi connectivity index (χ1) is 19.6. The average Bonchev–Trinajstić information content (AvgIpc) is 3.44. The smallest absolute Gasteiger partial charge is 0.312 e. The molecular formula is C32H43ClN2O6.